The summed E-state index contributed by atoms with van der Waals surface area (Å²) in [6.45, 7) is 3.57. The van der Waals surface area contributed by atoms with Crippen molar-refractivity contribution in [1.82, 2.24) is 0 Å². The number of halogens is 1. The van der Waals surface area contributed by atoms with Crippen molar-refractivity contribution >= 4 is 17.3 Å². The van der Waals surface area contributed by atoms with Crippen LogP contribution in [0.1, 0.15) is 19.4 Å². The molecule has 0 unspecified atom stereocenters. The Labute approximate surface area is 87.7 Å². The van der Waals surface area contributed by atoms with E-state index in [4.69, 9.17) is 5.73 Å². The van der Waals surface area contributed by atoms with Gasteiger partial charge in [-0.05, 0) is 25.5 Å². The number of nitrogens with zero attached hydrogens (tertiary/aromatic N) is 1. The van der Waals surface area contributed by atoms with Crippen LogP contribution in [0.2, 0.25) is 0 Å². The Morgan fingerprint density at radius 1 is 1.40 bits per heavy atom. The summed E-state index contributed by atoms with van der Waals surface area (Å²) in [6, 6.07) is 3.22. The second-order valence-corrected chi connectivity index (χ2v) is 4.35. The Hall–Kier alpha value is -1.58. The normalized spacial score (nSPS) is 18.1. The van der Waals surface area contributed by atoms with Crippen LogP contribution in [0.3, 0.4) is 0 Å². The van der Waals surface area contributed by atoms with Crippen molar-refractivity contribution in [3.05, 3.63) is 23.5 Å². The van der Waals surface area contributed by atoms with Crippen LogP contribution >= 0.6 is 0 Å². The first-order valence-electron chi connectivity index (χ1n) is 4.74. The molecule has 2 N–H and O–H groups in total. The van der Waals surface area contributed by atoms with Gasteiger partial charge in [-0.2, -0.15) is 0 Å². The van der Waals surface area contributed by atoms with E-state index in [-0.39, 0.29) is 11.6 Å². The van der Waals surface area contributed by atoms with Gasteiger partial charge in [0.25, 0.3) is 0 Å². The topological polar surface area (TPSA) is 46.3 Å². The lowest BCUT2D eigenvalue weighted by atomic mass is 9.86. The highest BCUT2D eigenvalue weighted by molar-refractivity contribution is 6.07. The number of hydrogen-bond donors (Lipinski definition) is 1. The second-order valence-electron chi connectivity index (χ2n) is 4.35. The molecule has 4 heteroatoms. The first kappa shape index (κ1) is 9.96. The highest BCUT2D eigenvalue weighted by atomic mass is 19.1. The van der Waals surface area contributed by atoms with Gasteiger partial charge in [0.2, 0.25) is 5.91 Å². The molecule has 0 atom stereocenters. The van der Waals surface area contributed by atoms with Crippen LogP contribution in [0, 0.1) is 5.82 Å². The summed E-state index contributed by atoms with van der Waals surface area (Å²) in [6.07, 6.45) is 0. The van der Waals surface area contributed by atoms with Gasteiger partial charge in [-0.25, -0.2) is 4.39 Å². The molecule has 15 heavy (non-hydrogen) atoms. The van der Waals surface area contributed by atoms with Gasteiger partial charge in [0, 0.05) is 7.05 Å². The van der Waals surface area contributed by atoms with Crippen molar-refractivity contribution in [2.24, 2.45) is 0 Å². The molecule has 0 saturated carbocycles. The number of likely N-dealkylation sites (N-methyl/N-ethyl adjacent to an activating group) is 1. The number of amides is 1. The minimum Gasteiger partial charge on any atom is -0.396 e. The minimum atomic E-state index is -0.668. The third kappa shape index (κ3) is 1.07. The quantitative estimate of drug-likeness (QED) is 0.659. The van der Waals surface area contributed by atoms with Crippen molar-refractivity contribution in [2.45, 2.75) is 19.3 Å². The molecule has 1 aromatic carbocycles. The number of hydrogen-bond acceptors (Lipinski definition) is 2. The van der Waals surface area contributed by atoms with Crippen molar-refractivity contribution in [3.63, 3.8) is 0 Å². The third-order valence-electron chi connectivity index (χ3n) is 2.99. The molecule has 3 nitrogen and oxygen atoms in total. The van der Waals surface area contributed by atoms with Gasteiger partial charge in [-0.1, -0.05) is 6.07 Å². The van der Waals surface area contributed by atoms with E-state index in [1.54, 1.807) is 27.0 Å². The van der Waals surface area contributed by atoms with Gasteiger partial charge in [0.1, 0.15) is 0 Å². The lowest BCUT2D eigenvalue weighted by molar-refractivity contribution is -0.121. The number of carbonyl (C=O) groups excluding carboxylic acids is 1. The van der Waals surface area contributed by atoms with Crippen molar-refractivity contribution in [3.8, 4) is 0 Å². The number of nitrogen functional groups attached to an aromatic ring is 1. The van der Waals surface area contributed by atoms with Crippen LogP contribution in [0.5, 0.6) is 0 Å². The summed E-state index contributed by atoms with van der Waals surface area (Å²) >= 11 is 0. The van der Waals surface area contributed by atoms with E-state index in [1.165, 1.54) is 11.0 Å². The summed E-state index contributed by atoms with van der Waals surface area (Å²) < 4.78 is 13.8. The largest absolute Gasteiger partial charge is 0.396 e. The van der Waals surface area contributed by atoms with Crippen LogP contribution in [0.4, 0.5) is 15.8 Å². The zero-order valence-electron chi connectivity index (χ0n) is 8.97. The molecule has 0 saturated heterocycles. The molecule has 0 spiro atoms. The van der Waals surface area contributed by atoms with E-state index in [0.29, 0.717) is 11.3 Å². The highest BCUT2D eigenvalue weighted by Crippen LogP contribution is 2.43. The summed E-state index contributed by atoms with van der Waals surface area (Å²) in [4.78, 5) is 13.2. The van der Waals surface area contributed by atoms with Crippen LogP contribution in [-0.4, -0.2) is 13.0 Å². The lowest BCUT2D eigenvalue weighted by Gasteiger charge is -2.16. The molecule has 2 rings (SSSR count). The molecule has 80 valence electrons. The van der Waals surface area contributed by atoms with Crippen LogP contribution in [0.15, 0.2) is 12.1 Å². The van der Waals surface area contributed by atoms with E-state index >= 15 is 0 Å². The average molecular weight is 208 g/mol. The summed E-state index contributed by atoms with van der Waals surface area (Å²) in [5, 5.41) is 0. The molecule has 1 aromatic rings. The van der Waals surface area contributed by atoms with E-state index < -0.39 is 11.2 Å². The lowest BCUT2D eigenvalue weighted by Crippen LogP contribution is -2.33. The Balaban J connectivity index is 2.77. The third-order valence-corrected chi connectivity index (χ3v) is 2.99. The van der Waals surface area contributed by atoms with Crippen molar-refractivity contribution in [2.75, 3.05) is 17.7 Å². The molecule has 0 aromatic heterocycles. The molecule has 1 aliphatic heterocycles. The predicted molar refractivity (Wildman–Crippen MR) is 57.2 cm³/mol. The SMILES string of the molecule is CN1C(=O)C(C)(C)c2ccc(N)c(F)c21. The van der Waals surface area contributed by atoms with Crippen LogP contribution in [0.25, 0.3) is 0 Å². The maximum absolute atomic E-state index is 13.8. The Morgan fingerprint density at radius 3 is 2.60 bits per heavy atom. The zero-order chi connectivity index (χ0) is 11.4. The number of anilines is 2. The van der Waals surface area contributed by atoms with Gasteiger partial charge in [0.05, 0.1) is 16.8 Å². The van der Waals surface area contributed by atoms with Crippen molar-refractivity contribution in [1.29, 1.82) is 0 Å². The molecule has 0 bridgehead atoms. The first-order valence-corrected chi connectivity index (χ1v) is 4.74. The summed E-state index contributed by atoms with van der Waals surface area (Å²) in [5.74, 6) is -0.615. The van der Waals surface area contributed by atoms with Crippen LogP contribution < -0.4 is 10.6 Å². The number of fused-ring (bicyclic) bond motifs is 1. The Bertz CT molecular complexity index is 454. The van der Waals surface area contributed by atoms with Crippen molar-refractivity contribution < 1.29 is 9.18 Å². The fourth-order valence-corrected chi connectivity index (χ4v) is 2.05. The van der Waals surface area contributed by atoms with Gasteiger partial charge < -0.3 is 10.6 Å². The highest BCUT2D eigenvalue weighted by Gasteiger charge is 2.44. The molecule has 0 aliphatic carbocycles. The second kappa shape index (κ2) is 2.72. The first-order chi connectivity index (χ1) is 6.87. The van der Waals surface area contributed by atoms with E-state index in [1.807, 2.05) is 0 Å². The standard InChI is InChI=1S/C11H13FN2O/c1-11(2)6-4-5-7(13)8(12)9(6)14(3)10(11)15/h4-5H,13H2,1-3H3. The molecular weight excluding hydrogens is 195 g/mol. The molecule has 1 heterocycles. The maximum Gasteiger partial charge on any atom is 0.236 e. The van der Waals surface area contributed by atoms with Crippen LogP contribution in [-0.2, 0) is 10.2 Å². The fourth-order valence-electron chi connectivity index (χ4n) is 2.05. The van der Waals surface area contributed by atoms with Gasteiger partial charge in [-0.3, -0.25) is 4.79 Å². The van der Waals surface area contributed by atoms with E-state index in [2.05, 4.69) is 0 Å². The summed E-state index contributed by atoms with van der Waals surface area (Å²) in [5.41, 5.74) is 5.89. The number of rotatable bonds is 0. The minimum absolute atomic E-state index is 0.0751. The maximum atomic E-state index is 13.8. The Morgan fingerprint density at radius 2 is 2.00 bits per heavy atom. The van der Waals surface area contributed by atoms with E-state index in [9.17, 15) is 9.18 Å². The molecule has 0 fully saturated rings. The van der Waals surface area contributed by atoms with Gasteiger partial charge >= 0.3 is 0 Å². The molecular formula is C11H13FN2O. The molecule has 1 aliphatic rings. The molecule has 0 radical (unpaired) electrons. The average Bonchev–Trinajstić information content (AvgIpc) is 2.34. The number of nitrogens with two attached hydrogens (primary N) is 1. The monoisotopic (exact) mass is 208 g/mol. The van der Waals surface area contributed by atoms with Gasteiger partial charge in [-0.15, -0.1) is 0 Å². The Kier molecular flexibility index (Phi) is 1.80. The number of benzene rings is 1. The van der Waals surface area contributed by atoms with E-state index in [0.717, 1.165) is 0 Å². The molecule has 1 amide bonds. The summed E-state index contributed by atoms with van der Waals surface area (Å²) in [7, 11) is 1.57. The van der Waals surface area contributed by atoms with Gasteiger partial charge in [0.15, 0.2) is 5.82 Å². The smallest absolute Gasteiger partial charge is 0.236 e. The zero-order valence-corrected chi connectivity index (χ0v) is 8.97. The fraction of sp³-hybridized carbons (Fsp3) is 0.364. The number of carbonyl (C=O) groups is 1. The predicted octanol–water partition coefficient (Wildman–Crippen LogP) is 1.66.